The molecule has 1 aromatic heterocycles. The molecule has 1 atom stereocenters. The van der Waals surface area contributed by atoms with Crippen LogP contribution in [0.4, 0.5) is 5.69 Å². The first-order chi connectivity index (χ1) is 9.66. The molecular formula is C15H24N4O. The molecule has 1 amide bonds. The Balaban J connectivity index is 1.68. The van der Waals surface area contributed by atoms with E-state index in [0.717, 1.165) is 43.7 Å². The van der Waals surface area contributed by atoms with Crippen molar-refractivity contribution >= 4 is 11.6 Å². The summed E-state index contributed by atoms with van der Waals surface area (Å²) in [7, 11) is 2.08. The fraction of sp³-hybridized carbons (Fsp3) is 0.600. The first-order valence-electron chi connectivity index (χ1n) is 7.27. The molecule has 1 aliphatic rings. The van der Waals surface area contributed by atoms with Crippen molar-refractivity contribution in [3.63, 3.8) is 0 Å². The zero-order valence-electron chi connectivity index (χ0n) is 12.4. The third-order valence-corrected chi connectivity index (χ3v) is 3.76. The van der Waals surface area contributed by atoms with E-state index >= 15 is 0 Å². The second-order valence-electron chi connectivity index (χ2n) is 5.51. The van der Waals surface area contributed by atoms with Gasteiger partial charge in [0.2, 0.25) is 5.91 Å². The van der Waals surface area contributed by atoms with Gasteiger partial charge in [0.25, 0.3) is 0 Å². The fourth-order valence-electron chi connectivity index (χ4n) is 2.58. The Labute approximate surface area is 120 Å². The van der Waals surface area contributed by atoms with Crippen LogP contribution in [0.25, 0.3) is 0 Å². The van der Waals surface area contributed by atoms with Crippen molar-refractivity contribution in [3.8, 4) is 0 Å². The van der Waals surface area contributed by atoms with Crippen molar-refractivity contribution in [1.82, 2.24) is 15.2 Å². The molecule has 0 bridgehead atoms. The van der Waals surface area contributed by atoms with Crippen LogP contribution in [0.2, 0.25) is 0 Å². The van der Waals surface area contributed by atoms with Crippen LogP contribution < -0.4 is 10.6 Å². The standard InChI is InChI=1S/C15H24N4O/c1-12-10-16-6-5-14(12)17-7-8-18-15(20)13-4-3-9-19(2)11-13/h5-6,10,13H,3-4,7-9,11H2,1-2H3,(H,16,17)(H,18,20)/t13-/m1/s1. The number of carbonyl (C=O) groups is 1. The molecule has 2 heterocycles. The molecule has 1 saturated heterocycles. The lowest BCUT2D eigenvalue weighted by atomic mass is 9.98. The Kier molecular flexibility index (Phi) is 5.35. The summed E-state index contributed by atoms with van der Waals surface area (Å²) in [5, 5.41) is 6.33. The van der Waals surface area contributed by atoms with Crippen molar-refractivity contribution in [1.29, 1.82) is 0 Å². The van der Waals surface area contributed by atoms with E-state index < -0.39 is 0 Å². The highest BCUT2D eigenvalue weighted by Crippen LogP contribution is 2.15. The molecule has 0 aromatic carbocycles. The molecule has 0 spiro atoms. The molecule has 5 heteroatoms. The lowest BCUT2D eigenvalue weighted by Crippen LogP contribution is -2.42. The van der Waals surface area contributed by atoms with E-state index in [4.69, 9.17) is 0 Å². The minimum atomic E-state index is 0.149. The minimum absolute atomic E-state index is 0.149. The van der Waals surface area contributed by atoms with Crippen molar-refractivity contribution in [2.24, 2.45) is 5.92 Å². The van der Waals surface area contributed by atoms with Crippen LogP contribution in [0.5, 0.6) is 0 Å². The largest absolute Gasteiger partial charge is 0.383 e. The van der Waals surface area contributed by atoms with Gasteiger partial charge in [-0.1, -0.05) is 0 Å². The summed E-state index contributed by atoms with van der Waals surface area (Å²) in [5.74, 6) is 0.334. The average Bonchev–Trinajstić information content (AvgIpc) is 2.45. The topological polar surface area (TPSA) is 57.3 Å². The summed E-state index contributed by atoms with van der Waals surface area (Å²) in [6.07, 6.45) is 5.72. The summed E-state index contributed by atoms with van der Waals surface area (Å²) in [4.78, 5) is 18.3. The number of rotatable bonds is 5. The zero-order valence-corrected chi connectivity index (χ0v) is 12.4. The molecule has 2 rings (SSSR count). The van der Waals surface area contributed by atoms with Gasteiger partial charge < -0.3 is 15.5 Å². The number of nitrogens with one attached hydrogen (secondary N) is 2. The maximum Gasteiger partial charge on any atom is 0.224 e. The molecule has 0 unspecified atom stereocenters. The van der Waals surface area contributed by atoms with Crippen LogP contribution in [-0.2, 0) is 4.79 Å². The first kappa shape index (κ1) is 14.8. The molecule has 110 valence electrons. The number of hydrogen-bond donors (Lipinski definition) is 2. The quantitative estimate of drug-likeness (QED) is 0.795. The van der Waals surface area contributed by atoms with E-state index in [1.807, 2.05) is 19.2 Å². The van der Waals surface area contributed by atoms with Crippen molar-refractivity contribution in [2.45, 2.75) is 19.8 Å². The van der Waals surface area contributed by atoms with E-state index in [9.17, 15) is 4.79 Å². The lowest BCUT2D eigenvalue weighted by molar-refractivity contribution is -0.126. The third-order valence-electron chi connectivity index (χ3n) is 3.76. The molecule has 1 aromatic rings. The minimum Gasteiger partial charge on any atom is -0.383 e. The number of likely N-dealkylation sites (tertiary alicyclic amines) is 1. The molecule has 20 heavy (non-hydrogen) atoms. The van der Waals surface area contributed by atoms with Crippen LogP contribution in [0.3, 0.4) is 0 Å². The second-order valence-corrected chi connectivity index (χ2v) is 5.51. The Morgan fingerprint density at radius 1 is 1.50 bits per heavy atom. The predicted molar refractivity (Wildman–Crippen MR) is 80.7 cm³/mol. The Morgan fingerprint density at radius 3 is 3.10 bits per heavy atom. The number of carbonyl (C=O) groups excluding carboxylic acids is 1. The van der Waals surface area contributed by atoms with Gasteiger partial charge in [0.1, 0.15) is 0 Å². The van der Waals surface area contributed by atoms with Gasteiger partial charge in [0.05, 0.1) is 5.92 Å². The summed E-state index contributed by atoms with van der Waals surface area (Å²) in [5.41, 5.74) is 2.19. The van der Waals surface area contributed by atoms with Crippen molar-refractivity contribution < 1.29 is 4.79 Å². The van der Waals surface area contributed by atoms with E-state index in [0.29, 0.717) is 6.54 Å². The van der Waals surface area contributed by atoms with Crippen LogP contribution in [-0.4, -0.2) is 49.0 Å². The van der Waals surface area contributed by atoms with Crippen molar-refractivity contribution in [3.05, 3.63) is 24.0 Å². The highest BCUT2D eigenvalue weighted by molar-refractivity contribution is 5.79. The highest BCUT2D eigenvalue weighted by atomic mass is 16.1. The Hall–Kier alpha value is -1.62. The molecular weight excluding hydrogens is 252 g/mol. The first-order valence-corrected chi connectivity index (χ1v) is 7.27. The third kappa shape index (κ3) is 4.20. The summed E-state index contributed by atoms with van der Waals surface area (Å²) < 4.78 is 0. The van der Waals surface area contributed by atoms with Gasteiger partial charge in [-0.25, -0.2) is 0 Å². The molecule has 2 N–H and O–H groups in total. The second kappa shape index (κ2) is 7.24. The molecule has 1 fully saturated rings. The number of pyridine rings is 1. The lowest BCUT2D eigenvalue weighted by Gasteiger charge is -2.28. The zero-order chi connectivity index (χ0) is 14.4. The number of nitrogens with zero attached hydrogens (tertiary/aromatic N) is 2. The van der Waals surface area contributed by atoms with Crippen molar-refractivity contribution in [2.75, 3.05) is 38.5 Å². The summed E-state index contributed by atoms with van der Waals surface area (Å²) in [6, 6.07) is 1.95. The van der Waals surface area contributed by atoms with E-state index in [-0.39, 0.29) is 11.8 Å². The number of piperidine rings is 1. The Morgan fingerprint density at radius 2 is 2.35 bits per heavy atom. The monoisotopic (exact) mass is 276 g/mol. The molecule has 0 saturated carbocycles. The number of anilines is 1. The maximum absolute atomic E-state index is 12.0. The van der Waals surface area contributed by atoms with E-state index in [1.165, 1.54) is 0 Å². The summed E-state index contributed by atoms with van der Waals surface area (Å²) in [6.45, 7) is 5.39. The van der Waals surface area contributed by atoms with Crippen LogP contribution in [0.15, 0.2) is 18.5 Å². The normalized spacial score (nSPS) is 19.6. The van der Waals surface area contributed by atoms with Crippen LogP contribution in [0.1, 0.15) is 18.4 Å². The van der Waals surface area contributed by atoms with E-state index in [2.05, 4.69) is 27.6 Å². The Bertz CT molecular complexity index is 449. The molecule has 0 aliphatic carbocycles. The number of aromatic nitrogens is 1. The van der Waals surface area contributed by atoms with Gasteiger partial charge in [-0.3, -0.25) is 9.78 Å². The number of aryl methyl sites for hydroxylation is 1. The number of hydrogen-bond acceptors (Lipinski definition) is 4. The number of amides is 1. The predicted octanol–water partition coefficient (Wildman–Crippen LogP) is 1.26. The molecule has 5 nitrogen and oxygen atoms in total. The van der Waals surface area contributed by atoms with Gasteiger partial charge in [0.15, 0.2) is 0 Å². The van der Waals surface area contributed by atoms with E-state index in [1.54, 1.807) is 6.20 Å². The van der Waals surface area contributed by atoms with Crippen LogP contribution in [0, 0.1) is 12.8 Å². The van der Waals surface area contributed by atoms with Gasteiger partial charge in [0, 0.05) is 37.7 Å². The maximum atomic E-state index is 12.0. The SMILES string of the molecule is Cc1cnccc1NCCNC(=O)[C@@H]1CCCN(C)C1. The van der Waals surface area contributed by atoms with Crippen LogP contribution >= 0.6 is 0 Å². The van der Waals surface area contributed by atoms with Gasteiger partial charge in [-0.05, 0) is 45.0 Å². The van der Waals surface area contributed by atoms with Gasteiger partial charge in [-0.2, -0.15) is 0 Å². The molecule has 0 radical (unpaired) electrons. The average molecular weight is 276 g/mol. The summed E-state index contributed by atoms with van der Waals surface area (Å²) >= 11 is 0. The van der Waals surface area contributed by atoms with Gasteiger partial charge >= 0.3 is 0 Å². The highest BCUT2D eigenvalue weighted by Gasteiger charge is 2.23. The molecule has 1 aliphatic heterocycles. The van der Waals surface area contributed by atoms with Gasteiger partial charge in [-0.15, -0.1) is 0 Å². The fourth-order valence-corrected chi connectivity index (χ4v) is 2.58. The smallest absolute Gasteiger partial charge is 0.224 e.